The second kappa shape index (κ2) is 8.02. The summed E-state index contributed by atoms with van der Waals surface area (Å²) < 4.78 is 3.13. The van der Waals surface area contributed by atoms with Crippen LogP contribution in [0.2, 0.25) is 0 Å². The first-order valence-electron chi connectivity index (χ1n) is 7.08. The Hall–Kier alpha value is -0.390. The number of halogens is 1. The normalized spacial score (nSPS) is 11.8. The molecule has 0 aromatic carbocycles. The lowest BCUT2D eigenvalue weighted by molar-refractivity contribution is 0.269. The predicted octanol–water partition coefficient (Wildman–Crippen LogP) is 2.56. The molecule has 1 heterocycles. The number of nitrogens with one attached hydrogen (secondary N) is 1. The van der Waals surface area contributed by atoms with Crippen molar-refractivity contribution in [2.45, 2.75) is 46.2 Å². The van der Waals surface area contributed by atoms with E-state index < -0.39 is 0 Å². The highest BCUT2D eigenvalue weighted by Crippen LogP contribution is 2.21. The van der Waals surface area contributed by atoms with Crippen molar-refractivity contribution in [1.82, 2.24) is 20.0 Å². The Morgan fingerprint density at radius 3 is 2.63 bits per heavy atom. The molecule has 0 aliphatic heterocycles. The van der Waals surface area contributed by atoms with Crippen LogP contribution in [0.4, 0.5) is 0 Å². The van der Waals surface area contributed by atoms with Crippen molar-refractivity contribution < 1.29 is 0 Å². The van der Waals surface area contributed by atoms with Crippen LogP contribution in [-0.2, 0) is 20.0 Å². The Morgan fingerprint density at radius 1 is 1.42 bits per heavy atom. The first kappa shape index (κ1) is 16.7. The van der Waals surface area contributed by atoms with E-state index in [0.29, 0.717) is 6.04 Å². The van der Waals surface area contributed by atoms with Crippen molar-refractivity contribution in [2.75, 3.05) is 20.1 Å². The van der Waals surface area contributed by atoms with Gasteiger partial charge in [0.2, 0.25) is 0 Å². The monoisotopic (exact) mass is 330 g/mol. The molecule has 0 amide bonds. The first-order chi connectivity index (χ1) is 8.97. The molecule has 4 nitrogen and oxygen atoms in total. The van der Waals surface area contributed by atoms with Gasteiger partial charge in [0.15, 0.2) is 0 Å². The van der Waals surface area contributed by atoms with E-state index in [1.54, 1.807) is 0 Å². The van der Waals surface area contributed by atoms with Crippen LogP contribution in [0.5, 0.6) is 0 Å². The van der Waals surface area contributed by atoms with Crippen molar-refractivity contribution in [3.8, 4) is 0 Å². The summed E-state index contributed by atoms with van der Waals surface area (Å²) >= 11 is 3.64. The summed E-state index contributed by atoms with van der Waals surface area (Å²) in [5, 5.41) is 8.00. The molecular weight excluding hydrogens is 304 g/mol. The highest BCUT2D eigenvalue weighted by molar-refractivity contribution is 9.10. The lowest BCUT2D eigenvalue weighted by atomic mass is 10.3. The zero-order valence-electron chi connectivity index (χ0n) is 12.8. The van der Waals surface area contributed by atoms with Gasteiger partial charge in [-0.3, -0.25) is 4.68 Å². The van der Waals surface area contributed by atoms with E-state index in [1.165, 1.54) is 12.1 Å². The molecule has 0 spiro atoms. The molecule has 1 N–H and O–H groups in total. The van der Waals surface area contributed by atoms with Gasteiger partial charge in [-0.25, -0.2) is 0 Å². The maximum absolute atomic E-state index is 4.50. The summed E-state index contributed by atoms with van der Waals surface area (Å²) in [5.74, 6) is 0. The second-order valence-electron chi connectivity index (χ2n) is 5.29. The molecule has 0 unspecified atom stereocenters. The maximum atomic E-state index is 4.50. The highest BCUT2D eigenvalue weighted by Gasteiger charge is 2.11. The largest absolute Gasteiger partial charge is 0.311 e. The number of rotatable bonds is 8. The standard InChI is InChI=1S/C14H27BrN4/c1-6-12-14(15)13(19(5)17-12)10-16-8-7-9-18(4)11(2)3/h11,16H,6-10H2,1-5H3. The van der Waals surface area contributed by atoms with Gasteiger partial charge in [-0.05, 0) is 62.8 Å². The summed E-state index contributed by atoms with van der Waals surface area (Å²) in [7, 11) is 4.18. The van der Waals surface area contributed by atoms with Gasteiger partial charge in [-0.1, -0.05) is 6.92 Å². The number of hydrogen-bond acceptors (Lipinski definition) is 3. The molecule has 0 saturated heterocycles. The molecule has 0 aliphatic carbocycles. The van der Waals surface area contributed by atoms with E-state index in [-0.39, 0.29) is 0 Å². The third-order valence-electron chi connectivity index (χ3n) is 3.54. The van der Waals surface area contributed by atoms with Gasteiger partial charge in [-0.2, -0.15) is 5.10 Å². The third kappa shape index (κ3) is 4.89. The SMILES string of the molecule is CCc1nn(C)c(CNCCCN(C)C(C)C)c1Br. The van der Waals surface area contributed by atoms with E-state index >= 15 is 0 Å². The summed E-state index contributed by atoms with van der Waals surface area (Å²) in [6.07, 6.45) is 2.14. The topological polar surface area (TPSA) is 33.1 Å². The molecule has 1 aromatic rings. The van der Waals surface area contributed by atoms with Gasteiger partial charge in [0.25, 0.3) is 0 Å². The number of aryl methyl sites for hydroxylation is 2. The minimum absolute atomic E-state index is 0.623. The van der Waals surface area contributed by atoms with Gasteiger partial charge >= 0.3 is 0 Å². The Kier molecular flexibility index (Phi) is 7.04. The minimum Gasteiger partial charge on any atom is -0.311 e. The number of aromatic nitrogens is 2. The predicted molar refractivity (Wildman–Crippen MR) is 84.4 cm³/mol. The molecule has 0 atom stereocenters. The third-order valence-corrected chi connectivity index (χ3v) is 4.46. The van der Waals surface area contributed by atoms with Crippen LogP contribution < -0.4 is 5.32 Å². The molecule has 1 rings (SSSR count). The van der Waals surface area contributed by atoms with Crippen LogP contribution >= 0.6 is 15.9 Å². The van der Waals surface area contributed by atoms with E-state index in [1.807, 2.05) is 11.7 Å². The van der Waals surface area contributed by atoms with Crippen molar-refractivity contribution in [3.63, 3.8) is 0 Å². The van der Waals surface area contributed by atoms with Gasteiger partial charge < -0.3 is 10.2 Å². The van der Waals surface area contributed by atoms with E-state index in [9.17, 15) is 0 Å². The van der Waals surface area contributed by atoms with Gasteiger partial charge in [-0.15, -0.1) is 0 Å². The molecule has 0 saturated carbocycles. The fraction of sp³-hybridized carbons (Fsp3) is 0.786. The Morgan fingerprint density at radius 2 is 2.11 bits per heavy atom. The van der Waals surface area contributed by atoms with Crippen LogP contribution in [0.15, 0.2) is 4.47 Å². The van der Waals surface area contributed by atoms with Gasteiger partial charge in [0, 0.05) is 19.6 Å². The van der Waals surface area contributed by atoms with E-state index in [0.717, 1.165) is 36.2 Å². The highest BCUT2D eigenvalue weighted by atomic mass is 79.9. The molecule has 110 valence electrons. The van der Waals surface area contributed by atoms with Crippen LogP contribution in [0.1, 0.15) is 38.6 Å². The summed E-state index contributed by atoms with van der Waals surface area (Å²) in [6, 6.07) is 0.623. The molecule has 1 aromatic heterocycles. The van der Waals surface area contributed by atoms with Gasteiger partial charge in [0.05, 0.1) is 15.9 Å². The summed E-state index contributed by atoms with van der Waals surface area (Å²) in [6.45, 7) is 9.63. The fourth-order valence-corrected chi connectivity index (χ4v) is 2.69. The van der Waals surface area contributed by atoms with Crippen LogP contribution in [0, 0.1) is 0 Å². The molecular formula is C14H27BrN4. The lowest BCUT2D eigenvalue weighted by Crippen LogP contribution is -2.29. The summed E-state index contributed by atoms with van der Waals surface area (Å²) in [5.41, 5.74) is 2.37. The number of hydrogen-bond donors (Lipinski definition) is 1. The maximum Gasteiger partial charge on any atom is 0.0767 e. The van der Waals surface area contributed by atoms with Crippen LogP contribution in [0.3, 0.4) is 0 Å². The average Bonchev–Trinajstić information content (AvgIpc) is 2.64. The second-order valence-corrected chi connectivity index (χ2v) is 6.08. The molecule has 0 fully saturated rings. The Bertz CT molecular complexity index is 387. The zero-order chi connectivity index (χ0) is 14.4. The minimum atomic E-state index is 0.623. The molecule has 0 bridgehead atoms. The lowest BCUT2D eigenvalue weighted by Gasteiger charge is -2.20. The van der Waals surface area contributed by atoms with Crippen molar-refractivity contribution in [2.24, 2.45) is 7.05 Å². The first-order valence-corrected chi connectivity index (χ1v) is 7.87. The Labute approximate surface area is 125 Å². The zero-order valence-corrected chi connectivity index (χ0v) is 14.4. The van der Waals surface area contributed by atoms with E-state index in [2.05, 4.69) is 59.1 Å². The molecule has 5 heteroatoms. The fourth-order valence-electron chi connectivity index (χ4n) is 1.93. The average molecular weight is 331 g/mol. The van der Waals surface area contributed by atoms with Crippen molar-refractivity contribution >= 4 is 15.9 Å². The van der Waals surface area contributed by atoms with Gasteiger partial charge in [0.1, 0.15) is 0 Å². The Balaban J connectivity index is 2.32. The van der Waals surface area contributed by atoms with Crippen LogP contribution in [0.25, 0.3) is 0 Å². The molecule has 0 aliphatic rings. The molecule has 19 heavy (non-hydrogen) atoms. The summed E-state index contributed by atoms with van der Waals surface area (Å²) in [4.78, 5) is 2.37. The molecule has 0 radical (unpaired) electrons. The van der Waals surface area contributed by atoms with Crippen LogP contribution in [-0.4, -0.2) is 40.9 Å². The van der Waals surface area contributed by atoms with E-state index in [4.69, 9.17) is 0 Å². The van der Waals surface area contributed by atoms with Crippen molar-refractivity contribution in [3.05, 3.63) is 15.9 Å². The smallest absolute Gasteiger partial charge is 0.0767 e. The quantitative estimate of drug-likeness (QED) is 0.743. The van der Waals surface area contributed by atoms with Crippen molar-refractivity contribution in [1.29, 1.82) is 0 Å². The number of nitrogens with zero attached hydrogens (tertiary/aromatic N) is 3.